The minimum absolute atomic E-state index is 0.0423. The highest BCUT2D eigenvalue weighted by atomic mass is 16.5. The normalized spacial score (nSPS) is 11.7. The lowest BCUT2D eigenvalue weighted by atomic mass is 9.98. The predicted octanol–water partition coefficient (Wildman–Crippen LogP) is 3.55. The van der Waals surface area contributed by atoms with Crippen molar-refractivity contribution in [3.05, 3.63) is 83.6 Å². The molecule has 0 saturated carbocycles. The van der Waals surface area contributed by atoms with Crippen LogP contribution in [-0.4, -0.2) is 24.2 Å². The number of aromatic nitrogens is 1. The van der Waals surface area contributed by atoms with E-state index in [9.17, 15) is 4.79 Å². The summed E-state index contributed by atoms with van der Waals surface area (Å²) in [6.45, 7) is 0.456. The summed E-state index contributed by atoms with van der Waals surface area (Å²) in [4.78, 5) is 16.1. The highest BCUT2D eigenvalue weighted by Gasteiger charge is 2.28. The van der Waals surface area contributed by atoms with E-state index in [-0.39, 0.29) is 19.1 Å². The van der Waals surface area contributed by atoms with Crippen molar-refractivity contribution >= 4 is 11.9 Å². The molecule has 0 radical (unpaired) electrons. The van der Waals surface area contributed by atoms with Crippen LogP contribution in [0.4, 0.5) is 10.6 Å². The number of nitrogens with two attached hydrogens (primary N) is 1. The van der Waals surface area contributed by atoms with Gasteiger partial charge in [0.2, 0.25) is 0 Å². The molecule has 1 aromatic heterocycles. The zero-order valence-corrected chi connectivity index (χ0v) is 15.2. The number of benzene rings is 2. The van der Waals surface area contributed by atoms with Crippen molar-refractivity contribution < 1.29 is 9.53 Å². The lowest BCUT2D eigenvalue weighted by molar-refractivity contribution is 0.144. The molecule has 0 aliphatic heterocycles. The fourth-order valence-corrected chi connectivity index (χ4v) is 3.42. The van der Waals surface area contributed by atoms with Gasteiger partial charge in [0.25, 0.3) is 0 Å². The largest absolute Gasteiger partial charge is 0.449 e. The number of carbonyl (C=O) groups excluding carboxylic acids is 1. The molecule has 5 nitrogen and oxygen atoms in total. The molecule has 0 fully saturated rings. The van der Waals surface area contributed by atoms with Gasteiger partial charge in [-0.3, -0.25) is 0 Å². The van der Waals surface area contributed by atoms with Crippen molar-refractivity contribution in [2.24, 2.45) is 0 Å². The Bertz CT molecular complexity index is 1040. The molecule has 0 unspecified atom stereocenters. The summed E-state index contributed by atoms with van der Waals surface area (Å²) < 4.78 is 5.46. The van der Waals surface area contributed by atoms with E-state index in [4.69, 9.17) is 10.5 Å². The first-order chi connectivity index (χ1) is 13.7. The molecule has 0 spiro atoms. The quantitative estimate of drug-likeness (QED) is 0.692. The molecular weight excluding hydrogens is 350 g/mol. The van der Waals surface area contributed by atoms with Gasteiger partial charge in [0.1, 0.15) is 18.1 Å². The molecule has 1 aliphatic carbocycles. The molecule has 1 amide bonds. The van der Waals surface area contributed by atoms with E-state index in [0.29, 0.717) is 11.5 Å². The van der Waals surface area contributed by atoms with Crippen LogP contribution in [0.15, 0.2) is 66.7 Å². The molecular formula is C23H19N3O2. The van der Waals surface area contributed by atoms with E-state index in [1.54, 1.807) is 18.2 Å². The Morgan fingerprint density at radius 1 is 1.00 bits per heavy atom. The lowest BCUT2D eigenvalue weighted by Gasteiger charge is -2.14. The van der Waals surface area contributed by atoms with Gasteiger partial charge in [-0.2, -0.15) is 0 Å². The summed E-state index contributed by atoms with van der Waals surface area (Å²) in [7, 11) is 0. The maximum absolute atomic E-state index is 12.1. The fraction of sp³-hybridized carbons (Fsp3) is 0.130. The molecule has 2 aromatic carbocycles. The topological polar surface area (TPSA) is 77.2 Å². The van der Waals surface area contributed by atoms with Crippen LogP contribution in [-0.2, 0) is 4.74 Å². The number of fused-ring (bicyclic) bond motifs is 3. The number of nitrogens with zero attached hydrogens (tertiary/aromatic N) is 1. The van der Waals surface area contributed by atoms with E-state index in [2.05, 4.69) is 46.4 Å². The van der Waals surface area contributed by atoms with E-state index < -0.39 is 6.09 Å². The second-order valence-corrected chi connectivity index (χ2v) is 6.43. The van der Waals surface area contributed by atoms with Crippen molar-refractivity contribution in [3.63, 3.8) is 0 Å². The Morgan fingerprint density at radius 2 is 1.68 bits per heavy atom. The molecule has 5 heteroatoms. The third-order valence-electron chi connectivity index (χ3n) is 4.65. The zero-order chi connectivity index (χ0) is 19.3. The molecule has 0 atom stereocenters. The Morgan fingerprint density at radius 3 is 2.36 bits per heavy atom. The van der Waals surface area contributed by atoms with Gasteiger partial charge >= 0.3 is 6.09 Å². The number of pyridine rings is 1. The summed E-state index contributed by atoms with van der Waals surface area (Å²) in [5, 5.41) is 2.65. The average molecular weight is 369 g/mol. The average Bonchev–Trinajstić information content (AvgIpc) is 3.04. The van der Waals surface area contributed by atoms with Gasteiger partial charge in [-0.05, 0) is 40.3 Å². The second-order valence-electron chi connectivity index (χ2n) is 6.43. The maximum Gasteiger partial charge on any atom is 0.407 e. The van der Waals surface area contributed by atoms with Crippen molar-refractivity contribution in [2.75, 3.05) is 18.9 Å². The third kappa shape index (κ3) is 3.67. The molecule has 3 N–H and O–H groups in total. The van der Waals surface area contributed by atoms with E-state index >= 15 is 0 Å². The van der Waals surface area contributed by atoms with Crippen LogP contribution in [0.2, 0.25) is 0 Å². The fourth-order valence-electron chi connectivity index (χ4n) is 3.42. The Balaban J connectivity index is 1.35. The predicted molar refractivity (Wildman–Crippen MR) is 109 cm³/mol. The van der Waals surface area contributed by atoms with E-state index in [1.807, 2.05) is 24.3 Å². The number of ether oxygens (including phenoxy) is 1. The molecule has 138 valence electrons. The van der Waals surface area contributed by atoms with Crippen LogP contribution in [0.25, 0.3) is 11.1 Å². The number of anilines is 1. The Labute approximate surface area is 163 Å². The van der Waals surface area contributed by atoms with Crippen molar-refractivity contribution in [1.82, 2.24) is 10.3 Å². The first kappa shape index (κ1) is 17.6. The highest BCUT2D eigenvalue weighted by molar-refractivity contribution is 5.79. The number of hydrogen-bond acceptors (Lipinski definition) is 4. The first-order valence-electron chi connectivity index (χ1n) is 9.02. The maximum atomic E-state index is 12.1. The van der Waals surface area contributed by atoms with Crippen LogP contribution in [0, 0.1) is 11.8 Å². The molecule has 3 aromatic rings. The summed E-state index contributed by atoms with van der Waals surface area (Å²) >= 11 is 0. The number of carbonyl (C=O) groups is 1. The third-order valence-corrected chi connectivity index (χ3v) is 4.65. The standard InChI is InChI=1S/C23H19N3O2/c24-22-13-5-7-16(26-22)8-6-14-25-23(27)28-15-21-19-11-3-1-9-17(19)18-10-2-4-12-20(18)21/h1-5,7,9-13,21H,14-15H2,(H2,24,26)(H,25,27). The number of alkyl carbamates (subject to hydrolysis) is 1. The Hall–Kier alpha value is -3.78. The highest BCUT2D eigenvalue weighted by Crippen LogP contribution is 2.44. The van der Waals surface area contributed by atoms with Gasteiger partial charge in [0.15, 0.2) is 0 Å². The van der Waals surface area contributed by atoms with E-state index in [0.717, 1.165) is 0 Å². The second kappa shape index (κ2) is 7.85. The molecule has 0 saturated heterocycles. The first-order valence-corrected chi connectivity index (χ1v) is 9.02. The number of nitrogens with one attached hydrogen (secondary N) is 1. The van der Waals surface area contributed by atoms with Crippen LogP contribution in [0.3, 0.4) is 0 Å². The lowest BCUT2D eigenvalue weighted by Crippen LogP contribution is -2.26. The SMILES string of the molecule is Nc1cccc(C#CCNC(=O)OCC2c3ccccc3-c3ccccc32)n1. The van der Waals surface area contributed by atoms with Crippen molar-refractivity contribution in [3.8, 4) is 23.0 Å². The van der Waals surface area contributed by atoms with Gasteiger partial charge in [0, 0.05) is 5.92 Å². The van der Waals surface area contributed by atoms with Crippen LogP contribution >= 0.6 is 0 Å². The van der Waals surface area contributed by atoms with Crippen molar-refractivity contribution in [2.45, 2.75) is 5.92 Å². The summed E-state index contributed by atoms with van der Waals surface area (Å²) in [6, 6.07) is 21.7. The minimum atomic E-state index is -0.489. The van der Waals surface area contributed by atoms with Crippen molar-refractivity contribution in [1.29, 1.82) is 0 Å². The zero-order valence-electron chi connectivity index (χ0n) is 15.2. The minimum Gasteiger partial charge on any atom is -0.449 e. The molecule has 0 bridgehead atoms. The molecule has 28 heavy (non-hydrogen) atoms. The molecule has 1 heterocycles. The van der Waals surface area contributed by atoms with Gasteiger partial charge in [0.05, 0.1) is 6.54 Å². The summed E-state index contributed by atoms with van der Waals surface area (Å²) in [6.07, 6.45) is -0.489. The number of amides is 1. The molecule has 1 aliphatic rings. The van der Waals surface area contributed by atoms with Gasteiger partial charge < -0.3 is 15.8 Å². The Kier molecular flexibility index (Phi) is 4.94. The van der Waals surface area contributed by atoms with Gasteiger partial charge in [-0.15, -0.1) is 0 Å². The van der Waals surface area contributed by atoms with Crippen LogP contribution < -0.4 is 11.1 Å². The van der Waals surface area contributed by atoms with Crippen LogP contribution in [0.5, 0.6) is 0 Å². The van der Waals surface area contributed by atoms with E-state index in [1.165, 1.54) is 22.3 Å². The number of hydrogen-bond donors (Lipinski definition) is 2. The monoisotopic (exact) mass is 369 g/mol. The van der Waals surface area contributed by atoms with Crippen LogP contribution in [0.1, 0.15) is 22.7 Å². The number of nitrogen functional groups attached to an aromatic ring is 1. The van der Waals surface area contributed by atoms with Gasteiger partial charge in [-0.25, -0.2) is 9.78 Å². The summed E-state index contributed by atoms with van der Waals surface area (Å²) in [5.74, 6) is 6.15. The molecule has 4 rings (SSSR count). The van der Waals surface area contributed by atoms with Gasteiger partial charge in [-0.1, -0.05) is 60.5 Å². The summed E-state index contributed by atoms with van der Waals surface area (Å²) in [5.41, 5.74) is 10.9. The smallest absolute Gasteiger partial charge is 0.407 e. The number of rotatable bonds is 3.